The molecule has 230 valence electrons. The van der Waals surface area contributed by atoms with Crippen LogP contribution in [0.1, 0.15) is 28.5 Å². The molecule has 1 fully saturated rings. The maximum atomic E-state index is 13.1. The van der Waals surface area contributed by atoms with Gasteiger partial charge in [-0.05, 0) is 18.6 Å². The number of thiazole rings is 1. The van der Waals surface area contributed by atoms with E-state index in [0.29, 0.717) is 29.2 Å². The van der Waals surface area contributed by atoms with Gasteiger partial charge in [0.2, 0.25) is 0 Å². The molecule has 0 radical (unpaired) electrons. The van der Waals surface area contributed by atoms with Gasteiger partial charge in [-0.1, -0.05) is 23.4 Å². The molecule has 0 unspecified atom stereocenters. The first-order valence-electron chi connectivity index (χ1n) is 13.2. The van der Waals surface area contributed by atoms with E-state index in [-0.39, 0.29) is 64.0 Å². The van der Waals surface area contributed by atoms with Crippen LogP contribution in [0, 0.1) is 0 Å². The number of oxime groups is 1. The second kappa shape index (κ2) is 15.2. The molecule has 0 bridgehead atoms. The first-order chi connectivity index (χ1) is 21.2. The third kappa shape index (κ3) is 7.70. The van der Waals surface area contributed by atoms with Crippen LogP contribution in [0.5, 0.6) is 0 Å². The van der Waals surface area contributed by atoms with E-state index in [4.69, 9.17) is 10.6 Å². The van der Waals surface area contributed by atoms with Crippen LogP contribution in [-0.2, 0) is 25.8 Å². The van der Waals surface area contributed by atoms with Crippen LogP contribution < -0.4 is 15.6 Å². The van der Waals surface area contributed by atoms with Crippen molar-refractivity contribution in [2.24, 2.45) is 5.16 Å². The summed E-state index contributed by atoms with van der Waals surface area (Å²) in [7, 11) is 0. The van der Waals surface area contributed by atoms with Gasteiger partial charge in [0, 0.05) is 39.5 Å². The number of hydrogen-bond acceptors (Lipinski definition) is 11. The zero-order valence-electron chi connectivity index (χ0n) is 23.2. The summed E-state index contributed by atoms with van der Waals surface area (Å²) < 4.78 is 1.86. The Morgan fingerprint density at radius 3 is 2.58 bits per heavy atom. The van der Waals surface area contributed by atoms with E-state index in [1.54, 1.807) is 36.6 Å². The van der Waals surface area contributed by atoms with Crippen molar-refractivity contribution in [3.63, 3.8) is 0 Å². The van der Waals surface area contributed by atoms with Crippen LogP contribution in [0.3, 0.4) is 0 Å². The van der Waals surface area contributed by atoms with Gasteiger partial charge in [0.25, 0.3) is 11.8 Å². The number of anilines is 1. The van der Waals surface area contributed by atoms with Crippen molar-refractivity contribution < 1.29 is 38.8 Å². The Morgan fingerprint density at radius 1 is 1.20 bits per heavy atom. The molecule has 2 amide bonds. The fourth-order valence-corrected chi connectivity index (χ4v) is 7.53. The number of carboxylic acids is 2. The molecule has 17 heteroatoms. The predicted molar refractivity (Wildman–Crippen MR) is 171 cm³/mol. The molecule has 4 heterocycles. The number of aromatic carboxylic acids is 1. The van der Waals surface area contributed by atoms with Crippen molar-refractivity contribution in [2.75, 3.05) is 23.8 Å². The molecule has 0 saturated carbocycles. The van der Waals surface area contributed by atoms with Crippen molar-refractivity contribution >= 4 is 99.0 Å². The predicted octanol–water partition coefficient (Wildman–Crippen LogP) is 1.38. The van der Waals surface area contributed by atoms with Gasteiger partial charge in [-0.2, -0.15) is 0 Å². The van der Waals surface area contributed by atoms with Crippen molar-refractivity contribution in [1.82, 2.24) is 15.2 Å². The summed E-state index contributed by atoms with van der Waals surface area (Å²) in [5, 5.41) is 27.2. The summed E-state index contributed by atoms with van der Waals surface area (Å²) in [6.45, 7) is 2.29. The molecule has 3 aromatic rings. The molecule has 5 rings (SSSR count). The first kappa shape index (κ1) is 34.5. The van der Waals surface area contributed by atoms with Gasteiger partial charge in [0.05, 0.1) is 5.56 Å². The normalized spacial score (nSPS) is 17.6. The molecule has 5 N–H and O–H groups in total. The Balaban J connectivity index is 0.00000461. The van der Waals surface area contributed by atoms with Gasteiger partial charge in [-0.3, -0.25) is 14.5 Å². The summed E-state index contributed by atoms with van der Waals surface area (Å²) in [4.78, 5) is 61.2. The Labute approximate surface area is 292 Å². The van der Waals surface area contributed by atoms with Crippen molar-refractivity contribution in [3.05, 3.63) is 82.3 Å². The summed E-state index contributed by atoms with van der Waals surface area (Å²) in [5.74, 6) is -2.73. The third-order valence-corrected chi connectivity index (χ3v) is 9.79. The number of aromatic nitrogens is 2. The second-order valence-corrected chi connectivity index (χ2v) is 12.5. The van der Waals surface area contributed by atoms with E-state index < -0.39 is 35.2 Å². The van der Waals surface area contributed by atoms with Crippen LogP contribution in [0.25, 0.3) is 0 Å². The molecular weight excluding hydrogens is 652 g/mol. The van der Waals surface area contributed by atoms with E-state index >= 15 is 0 Å². The summed E-state index contributed by atoms with van der Waals surface area (Å²) in [5.41, 5.74) is 7.20. The number of thioether (sulfide) groups is 2. The number of pyridine rings is 1. The van der Waals surface area contributed by atoms with Crippen molar-refractivity contribution in [1.29, 1.82) is 0 Å². The number of amides is 2. The van der Waals surface area contributed by atoms with E-state index in [0.717, 1.165) is 16.2 Å². The Morgan fingerprint density at radius 2 is 1.93 bits per heavy atom. The molecule has 1 saturated heterocycles. The molecule has 2 aliphatic heterocycles. The number of rotatable bonds is 12. The quantitative estimate of drug-likeness (QED) is 0.0541. The molecule has 2 atom stereocenters. The fraction of sp³-hybridized carbons (Fsp3) is 0.250. The number of benzene rings is 1. The average Bonchev–Trinajstić information content (AvgIpc) is 3.44. The Hall–Kier alpha value is -3.41. The zero-order valence-corrected chi connectivity index (χ0v) is 25.7. The Kier molecular flexibility index (Phi) is 11.7. The first-order valence-corrected chi connectivity index (χ1v) is 16.1. The molecule has 1 aromatic carbocycles. The number of nitrogens with one attached hydrogen (secondary N) is 1. The minimum atomic E-state index is -1.22. The molecule has 2 aliphatic rings. The van der Waals surface area contributed by atoms with Gasteiger partial charge in [0.15, 0.2) is 29.8 Å². The SMILES string of the molecule is CCO/N=C(\C(=O)N[C@@H]1C(=O)N2C(C(=O)O)=C(CSc3cc[n+](Cc4ccccc4C(=O)O)cc3)CS[C@H]12)c1csc(N)n1.[NaH]. The van der Waals surface area contributed by atoms with Crippen molar-refractivity contribution in [2.45, 2.75) is 29.8 Å². The monoisotopic (exact) mass is 679 g/mol. The third-order valence-electron chi connectivity index (χ3n) is 6.68. The van der Waals surface area contributed by atoms with Gasteiger partial charge < -0.3 is 26.1 Å². The van der Waals surface area contributed by atoms with Crippen molar-refractivity contribution in [3.8, 4) is 0 Å². The maximum absolute atomic E-state index is 13.1. The number of fused-ring (bicyclic) bond motifs is 1. The topological polar surface area (TPSA) is 188 Å². The molecule has 0 spiro atoms. The Bertz CT molecular complexity index is 1680. The number of nitrogens with two attached hydrogens (primary N) is 1. The van der Waals surface area contributed by atoms with Gasteiger partial charge in [-0.25, -0.2) is 19.1 Å². The van der Waals surface area contributed by atoms with E-state index in [1.807, 2.05) is 29.1 Å². The van der Waals surface area contributed by atoms with Crippen LogP contribution >= 0.6 is 34.9 Å². The number of nitrogen functional groups attached to an aromatic ring is 1. The van der Waals surface area contributed by atoms with E-state index in [9.17, 15) is 29.4 Å². The molecule has 2 aromatic heterocycles. The molecule has 45 heavy (non-hydrogen) atoms. The zero-order chi connectivity index (χ0) is 31.4. The van der Waals surface area contributed by atoms with Crippen LogP contribution in [0.4, 0.5) is 5.13 Å². The number of carbonyl (C=O) groups excluding carboxylic acids is 2. The molecular formula is C28H28N6NaO7S3+. The van der Waals surface area contributed by atoms with Crippen LogP contribution in [-0.4, -0.2) is 109 Å². The number of nitrogens with zero attached hydrogens (tertiary/aromatic N) is 4. The molecule has 0 aliphatic carbocycles. The fourth-order valence-electron chi connectivity index (χ4n) is 4.61. The van der Waals surface area contributed by atoms with Crippen LogP contribution in [0.2, 0.25) is 0 Å². The average molecular weight is 680 g/mol. The van der Waals surface area contributed by atoms with Gasteiger partial charge in [-0.15, -0.1) is 34.9 Å². The summed E-state index contributed by atoms with van der Waals surface area (Å²) in [6.07, 6.45) is 3.66. The number of carboxylic acid groups (broad SMARTS) is 2. The van der Waals surface area contributed by atoms with Gasteiger partial charge in [0.1, 0.15) is 29.4 Å². The number of carbonyl (C=O) groups is 4. The number of β-lactam (4-membered cyclic amide) rings is 1. The number of aliphatic carboxylic acids is 1. The minimum absolute atomic E-state index is 0. The van der Waals surface area contributed by atoms with E-state index in [2.05, 4.69) is 15.5 Å². The molecule has 13 nitrogen and oxygen atoms in total. The van der Waals surface area contributed by atoms with E-state index in [1.165, 1.54) is 28.4 Å². The van der Waals surface area contributed by atoms with Gasteiger partial charge >= 0.3 is 41.5 Å². The second-order valence-electron chi connectivity index (χ2n) is 9.50. The summed E-state index contributed by atoms with van der Waals surface area (Å²) in [6, 6.07) is 9.59. The van der Waals surface area contributed by atoms with Crippen LogP contribution in [0.15, 0.2) is 75.5 Å². The standard InChI is InChI=1S/C28H26N6O7S3.Na.H/c1-2-41-32-20(19-14-44-28(29)30-19)23(35)31-21-24(36)34-22(27(39)40)16(13-43-25(21)34)12-42-17-7-9-33(10-8-17)11-15-5-3-4-6-18(15)26(37)38;;/h3-10,14,21,25H,2,11-13H2,1H3,(H4-,29,30,31,35,37,38,39,40);;/p+1/b32-20-;;/t21-,25-;;/m1../s1. The summed E-state index contributed by atoms with van der Waals surface area (Å²) >= 11 is 3.92. The number of hydrogen-bond donors (Lipinski definition) is 4.